The zero-order valence-electron chi connectivity index (χ0n) is 20.4. The highest BCUT2D eigenvalue weighted by Gasteiger charge is 2.29. The third-order valence-electron chi connectivity index (χ3n) is 6.45. The lowest BCUT2D eigenvalue weighted by molar-refractivity contribution is -0.137. The molecule has 0 saturated heterocycles. The molecule has 0 aliphatic rings. The van der Waals surface area contributed by atoms with E-state index in [1.165, 1.54) is 31.4 Å². The summed E-state index contributed by atoms with van der Waals surface area (Å²) >= 11 is 0. The zero-order valence-corrected chi connectivity index (χ0v) is 20.4. The summed E-state index contributed by atoms with van der Waals surface area (Å²) in [6.45, 7) is 2.91. The maximum atomic E-state index is 15.2. The molecule has 0 aliphatic carbocycles. The van der Waals surface area contributed by atoms with Gasteiger partial charge in [0.05, 0.1) is 12.2 Å². The predicted molar refractivity (Wildman–Crippen MR) is 138 cm³/mol. The minimum absolute atomic E-state index is 0.280. The van der Waals surface area contributed by atoms with Crippen LogP contribution in [-0.2, 0) is 19.0 Å². The molecule has 0 atom stereocenters. The summed E-state index contributed by atoms with van der Waals surface area (Å²) in [4.78, 5) is 0. The van der Waals surface area contributed by atoms with Gasteiger partial charge >= 0.3 is 6.18 Å². The van der Waals surface area contributed by atoms with E-state index in [1.807, 2.05) is 42.5 Å². The molecule has 0 spiro atoms. The van der Waals surface area contributed by atoms with E-state index in [4.69, 9.17) is 4.74 Å². The zero-order chi connectivity index (χ0) is 25.5. The summed E-state index contributed by atoms with van der Waals surface area (Å²) in [6, 6.07) is 22.3. The minimum atomic E-state index is -4.36. The summed E-state index contributed by atoms with van der Waals surface area (Å²) in [6.07, 6.45) is 1.18. The Balaban J connectivity index is 1.42. The Morgan fingerprint density at radius 3 is 2.14 bits per heavy atom. The summed E-state index contributed by atoms with van der Waals surface area (Å²) in [5, 5.41) is 1.34. The third-order valence-corrected chi connectivity index (χ3v) is 6.45. The van der Waals surface area contributed by atoms with Crippen LogP contribution in [0.4, 0.5) is 17.6 Å². The number of ether oxygens (including phenoxy) is 1. The molecule has 0 aliphatic heterocycles. The van der Waals surface area contributed by atoms with Gasteiger partial charge in [0.25, 0.3) is 0 Å². The lowest BCUT2D eigenvalue weighted by atomic mass is 9.97. The van der Waals surface area contributed by atoms with Gasteiger partial charge in [-0.1, -0.05) is 74.7 Å². The fourth-order valence-electron chi connectivity index (χ4n) is 4.31. The summed E-state index contributed by atoms with van der Waals surface area (Å²) < 4.78 is 59.3. The van der Waals surface area contributed by atoms with Gasteiger partial charge in [0, 0.05) is 5.39 Å². The number of benzene rings is 4. The van der Waals surface area contributed by atoms with Crippen LogP contribution >= 0.6 is 0 Å². The molecule has 0 saturated carbocycles. The van der Waals surface area contributed by atoms with Crippen molar-refractivity contribution in [3.8, 4) is 16.9 Å². The molecule has 4 aromatic carbocycles. The van der Waals surface area contributed by atoms with E-state index < -0.39 is 11.7 Å². The maximum Gasteiger partial charge on any atom is 0.416 e. The van der Waals surface area contributed by atoms with E-state index in [1.54, 1.807) is 12.1 Å². The molecule has 0 bridgehead atoms. The molecule has 0 radical (unpaired) electrons. The Hall–Kier alpha value is -3.34. The molecule has 0 fully saturated rings. The molecule has 4 aromatic rings. The topological polar surface area (TPSA) is 9.23 Å². The molecule has 0 amide bonds. The van der Waals surface area contributed by atoms with Crippen molar-refractivity contribution in [2.24, 2.45) is 0 Å². The van der Waals surface area contributed by atoms with Crippen molar-refractivity contribution in [1.29, 1.82) is 0 Å². The van der Waals surface area contributed by atoms with Crippen molar-refractivity contribution in [2.45, 2.75) is 51.6 Å². The highest BCUT2D eigenvalue weighted by molar-refractivity contribution is 5.88. The van der Waals surface area contributed by atoms with E-state index in [2.05, 4.69) is 6.92 Å². The number of aryl methyl sites for hydroxylation is 2. The number of unbranched alkanes of at least 4 members (excludes halogenated alkanes) is 3. The first-order valence-corrected chi connectivity index (χ1v) is 12.5. The van der Waals surface area contributed by atoms with Gasteiger partial charge in [-0.05, 0) is 77.2 Å². The summed E-state index contributed by atoms with van der Waals surface area (Å²) in [5.74, 6) is 0.567. The normalized spacial score (nSPS) is 11.7. The van der Waals surface area contributed by atoms with Gasteiger partial charge in [-0.3, -0.25) is 0 Å². The molecule has 5 heteroatoms. The number of halogens is 4. The summed E-state index contributed by atoms with van der Waals surface area (Å²) in [7, 11) is 0. The van der Waals surface area contributed by atoms with Crippen molar-refractivity contribution in [3.63, 3.8) is 0 Å². The lowest BCUT2D eigenvalue weighted by Crippen LogP contribution is -2.04. The molecular formula is C31H30F4O. The van der Waals surface area contributed by atoms with E-state index in [0.29, 0.717) is 23.8 Å². The molecule has 0 N–H and O–H groups in total. The van der Waals surface area contributed by atoms with Crippen LogP contribution in [0.3, 0.4) is 0 Å². The molecule has 0 heterocycles. The van der Waals surface area contributed by atoms with Gasteiger partial charge in [0.15, 0.2) is 0 Å². The number of alkyl halides is 3. The van der Waals surface area contributed by atoms with Gasteiger partial charge in [0.2, 0.25) is 0 Å². The molecule has 1 nitrogen and oxygen atoms in total. The summed E-state index contributed by atoms with van der Waals surface area (Å²) in [5.41, 5.74) is 2.64. The van der Waals surface area contributed by atoms with Crippen LogP contribution in [0.15, 0.2) is 78.9 Å². The number of hydrogen-bond acceptors (Lipinski definition) is 1. The Morgan fingerprint density at radius 1 is 0.722 bits per heavy atom. The van der Waals surface area contributed by atoms with Crippen LogP contribution in [0.25, 0.3) is 21.9 Å². The fourth-order valence-corrected chi connectivity index (χ4v) is 4.31. The minimum Gasteiger partial charge on any atom is -0.494 e. The average molecular weight is 495 g/mol. The maximum absolute atomic E-state index is 15.2. The monoisotopic (exact) mass is 494 g/mol. The Morgan fingerprint density at radius 2 is 1.44 bits per heavy atom. The Bertz CT molecular complexity index is 1280. The van der Waals surface area contributed by atoms with Crippen molar-refractivity contribution < 1.29 is 22.3 Å². The van der Waals surface area contributed by atoms with Crippen LogP contribution in [0.1, 0.15) is 49.3 Å². The van der Waals surface area contributed by atoms with Gasteiger partial charge in [-0.15, -0.1) is 0 Å². The average Bonchev–Trinajstić information content (AvgIpc) is 2.88. The van der Waals surface area contributed by atoms with Crippen LogP contribution in [-0.4, -0.2) is 6.61 Å². The molecule has 4 rings (SSSR count). The second-order valence-electron chi connectivity index (χ2n) is 9.10. The molecule has 0 unspecified atom stereocenters. The van der Waals surface area contributed by atoms with Crippen molar-refractivity contribution in [1.82, 2.24) is 0 Å². The van der Waals surface area contributed by atoms with Gasteiger partial charge < -0.3 is 4.74 Å². The highest BCUT2D eigenvalue weighted by atomic mass is 19.4. The van der Waals surface area contributed by atoms with Crippen molar-refractivity contribution >= 4 is 10.8 Å². The van der Waals surface area contributed by atoms with Crippen LogP contribution < -0.4 is 4.74 Å². The van der Waals surface area contributed by atoms with Crippen molar-refractivity contribution in [3.05, 3.63) is 101 Å². The second-order valence-corrected chi connectivity index (χ2v) is 9.10. The lowest BCUT2D eigenvalue weighted by Gasteiger charge is -2.11. The quantitative estimate of drug-likeness (QED) is 0.158. The van der Waals surface area contributed by atoms with Crippen LogP contribution in [0, 0.1) is 5.82 Å². The molecular weight excluding hydrogens is 464 g/mol. The molecule has 0 aromatic heterocycles. The van der Waals surface area contributed by atoms with Gasteiger partial charge in [-0.2, -0.15) is 13.2 Å². The predicted octanol–water partition coefficient (Wildman–Crippen LogP) is 9.41. The Kier molecular flexibility index (Phi) is 8.29. The van der Waals surface area contributed by atoms with Crippen LogP contribution in [0.2, 0.25) is 0 Å². The van der Waals surface area contributed by atoms with E-state index >= 15 is 4.39 Å². The number of rotatable bonds is 10. The van der Waals surface area contributed by atoms with Gasteiger partial charge in [0.1, 0.15) is 11.6 Å². The third kappa shape index (κ3) is 6.45. The van der Waals surface area contributed by atoms with Crippen molar-refractivity contribution in [2.75, 3.05) is 6.61 Å². The Labute approximate surface area is 209 Å². The largest absolute Gasteiger partial charge is 0.494 e. The molecule has 36 heavy (non-hydrogen) atoms. The van der Waals surface area contributed by atoms with E-state index in [-0.39, 0.29) is 5.82 Å². The highest BCUT2D eigenvalue weighted by Crippen LogP contribution is 2.31. The van der Waals surface area contributed by atoms with Gasteiger partial charge in [-0.25, -0.2) is 4.39 Å². The number of hydrogen-bond donors (Lipinski definition) is 0. The van der Waals surface area contributed by atoms with E-state index in [9.17, 15) is 13.2 Å². The second kappa shape index (κ2) is 11.6. The first-order valence-electron chi connectivity index (χ1n) is 12.5. The standard InChI is InChI=1S/C31H30F4O/c1-2-3-4-5-20-36-28-17-12-23(13-18-28)25-14-19-29-26(21-25)11-10-24(30(29)32)9-6-22-7-15-27(16-8-22)31(33,34)35/h7-8,10-19,21H,2-6,9,20H2,1H3. The van der Waals surface area contributed by atoms with E-state index in [0.717, 1.165) is 53.0 Å². The smallest absolute Gasteiger partial charge is 0.416 e. The number of fused-ring (bicyclic) bond motifs is 1. The first kappa shape index (κ1) is 25.7. The first-order chi connectivity index (χ1) is 17.3. The fraction of sp³-hybridized carbons (Fsp3) is 0.290. The molecule has 188 valence electrons. The SMILES string of the molecule is CCCCCCOc1ccc(-c2ccc3c(F)c(CCc4ccc(C(F)(F)F)cc4)ccc3c2)cc1. The van der Waals surface area contributed by atoms with Crippen LogP contribution in [0.5, 0.6) is 5.75 Å².